The van der Waals surface area contributed by atoms with Gasteiger partial charge in [0.1, 0.15) is 11.5 Å². The van der Waals surface area contributed by atoms with Crippen LogP contribution < -0.4 is 14.9 Å². The van der Waals surface area contributed by atoms with Crippen LogP contribution in [0.25, 0.3) is 10.9 Å². The fourth-order valence-corrected chi connectivity index (χ4v) is 2.69. The summed E-state index contributed by atoms with van der Waals surface area (Å²) in [7, 11) is 3.26. The molecule has 0 atom stereocenters. The van der Waals surface area contributed by atoms with Crippen LogP contribution in [0.3, 0.4) is 0 Å². The van der Waals surface area contributed by atoms with E-state index < -0.39 is 0 Å². The van der Waals surface area contributed by atoms with Crippen LogP contribution in [-0.2, 0) is 0 Å². The normalized spacial score (nSPS) is 11.4. The number of hydrazone groups is 1. The Labute approximate surface area is 151 Å². The summed E-state index contributed by atoms with van der Waals surface area (Å²) in [6.07, 6.45) is 1.72. The summed E-state index contributed by atoms with van der Waals surface area (Å²) in [5.74, 6) is 1.48. The van der Waals surface area contributed by atoms with Gasteiger partial charge >= 0.3 is 0 Å². The number of anilines is 1. The zero-order valence-electron chi connectivity index (χ0n) is 14.2. The highest BCUT2D eigenvalue weighted by atomic mass is 35.5. The molecule has 0 bridgehead atoms. The van der Waals surface area contributed by atoms with Gasteiger partial charge < -0.3 is 9.47 Å². The van der Waals surface area contributed by atoms with Gasteiger partial charge in [0.15, 0.2) is 0 Å². The molecule has 128 valence electrons. The van der Waals surface area contributed by atoms with E-state index in [0.29, 0.717) is 5.02 Å². The summed E-state index contributed by atoms with van der Waals surface area (Å²) in [6.45, 7) is 1.91. The Balaban J connectivity index is 1.95. The van der Waals surface area contributed by atoms with E-state index in [1.54, 1.807) is 20.4 Å². The van der Waals surface area contributed by atoms with Crippen molar-refractivity contribution in [1.82, 2.24) is 4.98 Å². The van der Waals surface area contributed by atoms with Crippen LogP contribution >= 0.6 is 11.6 Å². The molecule has 3 rings (SSSR count). The average Bonchev–Trinajstić information content (AvgIpc) is 2.65. The molecule has 0 radical (unpaired) electrons. The van der Waals surface area contributed by atoms with Crippen LogP contribution in [0.1, 0.15) is 12.5 Å². The molecular formula is C19H18ClN3O2. The van der Waals surface area contributed by atoms with E-state index in [-0.39, 0.29) is 0 Å². The summed E-state index contributed by atoms with van der Waals surface area (Å²) in [5.41, 5.74) is 6.39. The maximum atomic E-state index is 6.03. The third-order valence-electron chi connectivity index (χ3n) is 3.85. The Hall–Kier alpha value is -2.79. The van der Waals surface area contributed by atoms with Crippen LogP contribution in [0.4, 0.5) is 5.69 Å². The van der Waals surface area contributed by atoms with Crippen molar-refractivity contribution in [2.24, 2.45) is 5.10 Å². The standard InChI is InChI=1S/C19H18ClN3O2/c1-12(16-11-14(24-2)5-7-19(16)25-3)22-23-17-8-9-21-18-10-13(20)4-6-15(17)18/h4-11H,1-3H3,(H,21,23)/b22-12+. The van der Waals surface area contributed by atoms with E-state index >= 15 is 0 Å². The van der Waals surface area contributed by atoms with Gasteiger partial charge in [0, 0.05) is 22.2 Å². The summed E-state index contributed by atoms with van der Waals surface area (Å²) in [4.78, 5) is 4.33. The second-order valence-corrected chi connectivity index (χ2v) is 5.83. The largest absolute Gasteiger partial charge is 0.497 e. The Bertz CT molecular complexity index is 941. The smallest absolute Gasteiger partial charge is 0.128 e. The molecular weight excluding hydrogens is 338 g/mol. The fraction of sp³-hybridized carbons (Fsp3) is 0.158. The van der Waals surface area contributed by atoms with E-state index in [4.69, 9.17) is 21.1 Å². The fourth-order valence-electron chi connectivity index (χ4n) is 2.52. The highest BCUT2D eigenvalue weighted by Gasteiger charge is 2.09. The van der Waals surface area contributed by atoms with E-state index in [2.05, 4.69) is 15.5 Å². The Morgan fingerprint density at radius 2 is 1.92 bits per heavy atom. The molecule has 6 heteroatoms. The van der Waals surface area contributed by atoms with Crippen LogP contribution in [-0.4, -0.2) is 24.9 Å². The summed E-state index contributed by atoms with van der Waals surface area (Å²) in [5, 5.41) is 6.09. The van der Waals surface area contributed by atoms with Gasteiger partial charge in [-0.1, -0.05) is 11.6 Å². The third kappa shape index (κ3) is 3.67. The molecule has 2 aromatic carbocycles. The van der Waals surface area contributed by atoms with Crippen molar-refractivity contribution in [3.63, 3.8) is 0 Å². The molecule has 1 N–H and O–H groups in total. The minimum Gasteiger partial charge on any atom is -0.497 e. The van der Waals surface area contributed by atoms with Crippen molar-refractivity contribution in [2.45, 2.75) is 6.92 Å². The number of ether oxygens (including phenoxy) is 2. The van der Waals surface area contributed by atoms with Gasteiger partial charge in [0.25, 0.3) is 0 Å². The number of rotatable bonds is 5. The van der Waals surface area contributed by atoms with E-state index in [1.807, 2.05) is 49.4 Å². The van der Waals surface area contributed by atoms with Crippen molar-refractivity contribution < 1.29 is 9.47 Å². The van der Waals surface area contributed by atoms with Gasteiger partial charge in [0.05, 0.1) is 31.1 Å². The monoisotopic (exact) mass is 355 g/mol. The number of pyridine rings is 1. The zero-order chi connectivity index (χ0) is 17.8. The van der Waals surface area contributed by atoms with Gasteiger partial charge in [-0.15, -0.1) is 0 Å². The first kappa shape index (κ1) is 17.0. The van der Waals surface area contributed by atoms with Gasteiger partial charge in [-0.05, 0) is 49.4 Å². The number of aromatic nitrogens is 1. The van der Waals surface area contributed by atoms with Crippen LogP contribution in [0, 0.1) is 0 Å². The van der Waals surface area contributed by atoms with E-state index in [1.165, 1.54) is 0 Å². The number of hydrogen-bond donors (Lipinski definition) is 1. The van der Waals surface area contributed by atoms with E-state index in [0.717, 1.165) is 39.4 Å². The predicted molar refractivity (Wildman–Crippen MR) is 102 cm³/mol. The summed E-state index contributed by atoms with van der Waals surface area (Å²) >= 11 is 6.03. The van der Waals surface area contributed by atoms with Gasteiger partial charge in [-0.2, -0.15) is 5.10 Å². The Kier molecular flexibility index (Phi) is 5.05. The number of benzene rings is 2. The lowest BCUT2D eigenvalue weighted by atomic mass is 10.1. The molecule has 0 saturated heterocycles. The lowest BCUT2D eigenvalue weighted by Crippen LogP contribution is -2.03. The zero-order valence-corrected chi connectivity index (χ0v) is 15.0. The Morgan fingerprint density at radius 1 is 1.08 bits per heavy atom. The topological polar surface area (TPSA) is 55.7 Å². The van der Waals surface area contributed by atoms with Crippen molar-refractivity contribution >= 4 is 33.9 Å². The number of hydrogen-bond acceptors (Lipinski definition) is 5. The molecule has 0 unspecified atom stereocenters. The van der Waals surface area contributed by atoms with E-state index in [9.17, 15) is 0 Å². The third-order valence-corrected chi connectivity index (χ3v) is 4.08. The molecule has 0 aliphatic rings. The summed E-state index contributed by atoms with van der Waals surface area (Å²) in [6, 6.07) is 13.0. The highest BCUT2D eigenvalue weighted by molar-refractivity contribution is 6.31. The molecule has 5 nitrogen and oxygen atoms in total. The number of nitrogens with zero attached hydrogens (tertiary/aromatic N) is 2. The minimum atomic E-state index is 0.651. The van der Waals surface area contributed by atoms with Gasteiger partial charge in [-0.25, -0.2) is 0 Å². The van der Waals surface area contributed by atoms with Gasteiger partial charge in [-0.3, -0.25) is 10.4 Å². The number of fused-ring (bicyclic) bond motifs is 1. The Morgan fingerprint density at radius 3 is 2.68 bits per heavy atom. The maximum Gasteiger partial charge on any atom is 0.128 e. The minimum absolute atomic E-state index is 0.651. The molecule has 0 spiro atoms. The van der Waals surface area contributed by atoms with Crippen LogP contribution in [0.15, 0.2) is 53.8 Å². The molecule has 0 aliphatic heterocycles. The van der Waals surface area contributed by atoms with Crippen molar-refractivity contribution in [3.8, 4) is 11.5 Å². The lowest BCUT2D eigenvalue weighted by Gasteiger charge is -2.11. The second-order valence-electron chi connectivity index (χ2n) is 5.40. The second kappa shape index (κ2) is 7.40. The first-order chi connectivity index (χ1) is 12.1. The van der Waals surface area contributed by atoms with Crippen molar-refractivity contribution in [2.75, 3.05) is 19.6 Å². The maximum absolute atomic E-state index is 6.03. The number of methoxy groups -OCH3 is 2. The molecule has 0 fully saturated rings. The average molecular weight is 356 g/mol. The SMILES string of the molecule is COc1ccc(OC)c(/C(C)=N/Nc2ccnc3cc(Cl)ccc23)c1. The van der Waals surface area contributed by atoms with Crippen molar-refractivity contribution in [3.05, 3.63) is 59.2 Å². The quantitative estimate of drug-likeness (QED) is 0.530. The predicted octanol–water partition coefficient (Wildman–Crippen LogP) is 4.74. The molecule has 1 aromatic heterocycles. The highest BCUT2D eigenvalue weighted by Crippen LogP contribution is 2.26. The first-order valence-electron chi connectivity index (χ1n) is 7.69. The summed E-state index contributed by atoms with van der Waals surface area (Å²) < 4.78 is 10.7. The number of nitrogens with one attached hydrogen (secondary N) is 1. The molecule has 0 saturated carbocycles. The van der Waals surface area contributed by atoms with Crippen LogP contribution in [0.2, 0.25) is 5.02 Å². The van der Waals surface area contributed by atoms with Gasteiger partial charge in [0.2, 0.25) is 0 Å². The lowest BCUT2D eigenvalue weighted by molar-refractivity contribution is 0.402. The first-order valence-corrected chi connectivity index (χ1v) is 8.07. The van der Waals surface area contributed by atoms with Crippen molar-refractivity contribution in [1.29, 1.82) is 0 Å². The molecule has 0 aliphatic carbocycles. The number of halogens is 1. The molecule has 25 heavy (non-hydrogen) atoms. The molecule has 1 heterocycles. The molecule has 0 amide bonds. The van der Waals surface area contributed by atoms with Crippen LogP contribution in [0.5, 0.6) is 11.5 Å². The molecule has 3 aromatic rings.